The quantitative estimate of drug-likeness (QED) is 0.819. The average molecular weight is 318 g/mol. The third-order valence-electron chi connectivity index (χ3n) is 2.66. The SMILES string of the molecule is COCCN(C)CCNC(=O)c1cc(Br)cn1C. The van der Waals surface area contributed by atoms with Gasteiger partial charge in [0.1, 0.15) is 5.69 Å². The molecule has 1 amide bonds. The van der Waals surface area contributed by atoms with Crippen molar-refractivity contribution in [3.8, 4) is 0 Å². The lowest BCUT2D eigenvalue weighted by molar-refractivity contribution is 0.0939. The topological polar surface area (TPSA) is 46.5 Å². The van der Waals surface area contributed by atoms with Crippen LogP contribution in [0, 0.1) is 0 Å². The Morgan fingerprint density at radius 1 is 1.56 bits per heavy atom. The summed E-state index contributed by atoms with van der Waals surface area (Å²) in [5.41, 5.74) is 0.654. The second kappa shape index (κ2) is 7.56. The van der Waals surface area contributed by atoms with Crippen molar-refractivity contribution >= 4 is 21.8 Å². The summed E-state index contributed by atoms with van der Waals surface area (Å²) < 4.78 is 7.70. The van der Waals surface area contributed by atoms with Gasteiger partial charge in [-0.2, -0.15) is 0 Å². The molecule has 1 aromatic rings. The Morgan fingerprint density at radius 3 is 2.83 bits per heavy atom. The molecule has 1 N–H and O–H groups in total. The summed E-state index contributed by atoms with van der Waals surface area (Å²) in [6.45, 7) is 3.00. The van der Waals surface area contributed by atoms with Crippen molar-refractivity contribution in [3.63, 3.8) is 0 Å². The zero-order valence-electron chi connectivity index (χ0n) is 11.1. The predicted octanol–water partition coefficient (Wildman–Crippen LogP) is 1.10. The number of likely N-dealkylation sites (N-methyl/N-ethyl adjacent to an activating group) is 1. The van der Waals surface area contributed by atoms with Gasteiger partial charge in [0.15, 0.2) is 0 Å². The van der Waals surface area contributed by atoms with Gasteiger partial charge in [-0.25, -0.2) is 0 Å². The Morgan fingerprint density at radius 2 is 2.28 bits per heavy atom. The monoisotopic (exact) mass is 317 g/mol. The van der Waals surface area contributed by atoms with Gasteiger partial charge < -0.3 is 19.5 Å². The molecule has 6 heteroatoms. The van der Waals surface area contributed by atoms with Crippen molar-refractivity contribution in [2.75, 3.05) is 40.4 Å². The summed E-state index contributed by atoms with van der Waals surface area (Å²) >= 11 is 3.35. The summed E-state index contributed by atoms with van der Waals surface area (Å²) in [7, 11) is 5.54. The Kier molecular flexibility index (Phi) is 6.38. The molecule has 0 saturated heterocycles. The molecule has 102 valence electrons. The maximum absolute atomic E-state index is 11.9. The van der Waals surface area contributed by atoms with Crippen LogP contribution in [-0.4, -0.2) is 55.8 Å². The molecule has 18 heavy (non-hydrogen) atoms. The minimum absolute atomic E-state index is 0.0525. The van der Waals surface area contributed by atoms with Gasteiger partial charge in [-0.05, 0) is 29.0 Å². The van der Waals surface area contributed by atoms with Crippen LogP contribution in [0.15, 0.2) is 16.7 Å². The van der Waals surface area contributed by atoms with Crippen LogP contribution < -0.4 is 5.32 Å². The zero-order chi connectivity index (χ0) is 13.5. The van der Waals surface area contributed by atoms with E-state index in [4.69, 9.17) is 4.74 Å². The van der Waals surface area contributed by atoms with Gasteiger partial charge in [-0.1, -0.05) is 0 Å². The predicted molar refractivity (Wildman–Crippen MR) is 74.8 cm³/mol. The first-order valence-corrected chi connectivity index (χ1v) is 6.61. The molecule has 1 heterocycles. The lowest BCUT2D eigenvalue weighted by Crippen LogP contribution is -2.34. The standard InChI is InChI=1S/C12H20BrN3O2/c1-15(6-7-18-3)5-4-14-12(17)11-8-10(13)9-16(11)2/h8-9H,4-7H2,1-3H3,(H,14,17). The molecule has 0 aliphatic carbocycles. The number of carbonyl (C=O) groups excluding carboxylic acids is 1. The van der Waals surface area contributed by atoms with Gasteiger partial charge in [0.25, 0.3) is 5.91 Å². The molecule has 0 fully saturated rings. The molecule has 0 aromatic carbocycles. The largest absolute Gasteiger partial charge is 0.383 e. The maximum atomic E-state index is 11.9. The minimum Gasteiger partial charge on any atom is -0.383 e. The molecular weight excluding hydrogens is 298 g/mol. The van der Waals surface area contributed by atoms with Crippen LogP contribution in [0.3, 0.4) is 0 Å². The summed E-state index contributed by atoms with van der Waals surface area (Å²) in [4.78, 5) is 14.0. The summed E-state index contributed by atoms with van der Waals surface area (Å²) in [5, 5.41) is 2.90. The lowest BCUT2D eigenvalue weighted by Gasteiger charge is -2.16. The highest BCUT2D eigenvalue weighted by Crippen LogP contribution is 2.13. The molecule has 1 aromatic heterocycles. The highest BCUT2D eigenvalue weighted by Gasteiger charge is 2.10. The molecule has 0 spiro atoms. The molecule has 5 nitrogen and oxygen atoms in total. The Bertz CT molecular complexity index is 393. The lowest BCUT2D eigenvalue weighted by atomic mass is 10.4. The van der Waals surface area contributed by atoms with Crippen molar-refractivity contribution in [2.45, 2.75) is 0 Å². The molecule has 1 rings (SSSR count). The van der Waals surface area contributed by atoms with Gasteiger partial charge in [-0.15, -0.1) is 0 Å². The van der Waals surface area contributed by atoms with Crippen LogP contribution in [0.25, 0.3) is 0 Å². The van der Waals surface area contributed by atoms with E-state index in [1.807, 2.05) is 26.4 Å². The summed E-state index contributed by atoms with van der Waals surface area (Å²) in [6.07, 6.45) is 1.86. The molecule has 0 atom stereocenters. The molecule has 0 unspecified atom stereocenters. The van der Waals surface area contributed by atoms with Gasteiger partial charge in [0, 0.05) is 44.5 Å². The Balaban J connectivity index is 2.31. The second-order valence-corrected chi connectivity index (χ2v) is 5.12. The number of methoxy groups -OCH3 is 1. The first-order chi connectivity index (χ1) is 8.54. The first-order valence-electron chi connectivity index (χ1n) is 5.82. The number of aromatic nitrogens is 1. The minimum atomic E-state index is -0.0525. The van der Waals surface area contributed by atoms with Gasteiger partial charge in [-0.3, -0.25) is 4.79 Å². The van der Waals surface area contributed by atoms with Gasteiger partial charge in [0.05, 0.1) is 6.61 Å². The molecule has 0 saturated carbocycles. The van der Waals surface area contributed by atoms with Crippen molar-refractivity contribution in [2.24, 2.45) is 7.05 Å². The maximum Gasteiger partial charge on any atom is 0.267 e. The zero-order valence-corrected chi connectivity index (χ0v) is 12.7. The number of ether oxygens (including phenoxy) is 1. The molecule has 0 radical (unpaired) electrons. The Hall–Kier alpha value is -0.850. The first kappa shape index (κ1) is 15.2. The van der Waals surface area contributed by atoms with E-state index in [1.54, 1.807) is 11.7 Å². The van der Waals surface area contributed by atoms with Crippen LogP contribution in [-0.2, 0) is 11.8 Å². The van der Waals surface area contributed by atoms with E-state index in [2.05, 4.69) is 26.1 Å². The fraction of sp³-hybridized carbons (Fsp3) is 0.583. The van der Waals surface area contributed by atoms with Crippen LogP contribution in [0.2, 0.25) is 0 Å². The fourth-order valence-corrected chi connectivity index (χ4v) is 2.08. The number of nitrogens with zero attached hydrogens (tertiary/aromatic N) is 2. The van der Waals surface area contributed by atoms with Crippen LogP contribution in [0.5, 0.6) is 0 Å². The number of nitrogens with one attached hydrogen (secondary N) is 1. The third-order valence-corrected chi connectivity index (χ3v) is 3.09. The number of rotatable bonds is 7. The number of hydrogen-bond acceptors (Lipinski definition) is 3. The van der Waals surface area contributed by atoms with Crippen LogP contribution in [0.1, 0.15) is 10.5 Å². The van der Waals surface area contributed by atoms with Crippen molar-refractivity contribution in [1.29, 1.82) is 0 Å². The molecule has 0 aliphatic rings. The summed E-state index contributed by atoms with van der Waals surface area (Å²) in [5.74, 6) is -0.0525. The summed E-state index contributed by atoms with van der Waals surface area (Å²) in [6, 6.07) is 1.81. The third kappa shape index (κ3) is 4.80. The number of carbonyl (C=O) groups is 1. The highest BCUT2D eigenvalue weighted by atomic mass is 79.9. The molecular formula is C12H20BrN3O2. The highest BCUT2D eigenvalue weighted by molar-refractivity contribution is 9.10. The van der Waals surface area contributed by atoms with Crippen molar-refractivity contribution in [3.05, 3.63) is 22.4 Å². The van der Waals surface area contributed by atoms with E-state index < -0.39 is 0 Å². The van der Waals surface area contributed by atoms with Crippen molar-refractivity contribution in [1.82, 2.24) is 14.8 Å². The van der Waals surface area contributed by atoms with Gasteiger partial charge >= 0.3 is 0 Å². The number of hydrogen-bond donors (Lipinski definition) is 1. The van der Waals surface area contributed by atoms with E-state index in [-0.39, 0.29) is 5.91 Å². The number of halogens is 1. The van der Waals surface area contributed by atoms with E-state index in [0.29, 0.717) is 18.8 Å². The smallest absolute Gasteiger partial charge is 0.267 e. The second-order valence-electron chi connectivity index (χ2n) is 4.21. The average Bonchev–Trinajstić information content (AvgIpc) is 2.65. The normalized spacial score (nSPS) is 10.9. The van der Waals surface area contributed by atoms with E-state index in [1.165, 1.54) is 0 Å². The Labute approximate surface area is 116 Å². The molecule has 0 bridgehead atoms. The molecule has 0 aliphatic heterocycles. The van der Waals surface area contributed by atoms with Gasteiger partial charge in [0.2, 0.25) is 0 Å². The van der Waals surface area contributed by atoms with Crippen LogP contribution >= 0.6 is 15.9 Å². The van der Waals surface area contributed by atoms with E-state index in [9.17, 15) is 4.79 Å². The van der Waals surface area contributed by atoms with Crippen LogP contribution in [0.4, 0.5) is 0 Å². The van der Waals surface area contributed by atoms with Crippen molar-refractivity contribution < 1.29 is 9.53 Å². The van der Waals surface area contributed by atoms with E-state index >= 15 is 0 Å². The van der Waals surface area contributed by atoms with E-state index in [0.717, 1.165) is 17.6 Å². The number of aryl methyl sites for hydroxylation is 1. The number of amides is 1. The fourth-order valence-electron chi connectivity index (χ4n) is 1.56.